The van der Waals surface area contributed by atoms with Crippen molar-refractivity contribution in [2.24, 2.45) is 0 Å². The van der Waals surface area contributed by atoms with E-state index in [0.29, 0.717) is 23.8 Å². The number of hydrogen-bond acceptors (Lipinski definition) is 4. The lowest BCUT2D eigenvalue weighted by Gasteiger charge is -1.96. The van der Waals surface area contributed by atoms with E-state index in [-0.39, 0.29) is 5.97 Å². The van der Waals surface area contributed by atoms with E-state index in [2.05, 4.69) is 0 Å². The Morgan fingerprint density at radius 1 is 1.36 bits per heavy atom. The molecule has 0 aromatic carbocycles. The normalized spacial score (nSPS) is 16.2. The largest absolute Gasteiger partial charge is 0.488 e. The van der Waals surface area contributed by atoms with Gasteiger partial charge in [0.15, 0.2) is 4.88 Å². The molecule has 0 N–H and O–H groups in total. The summed E-state index contributed by atoms with van der Waals surface area (Å²) in [6.45, 7) is 0.801. The third kappa shape index (κ3) is 1.09. The van der Waals surface area contributed by atoms with Crippen molar-refractivity contribution < 1.29 is 14.3 Å². The van der Waals surface area contributed by atoms with Crippen molar-refractivity contribution in [1.29, 1.82) is 0 Å². The summed E-state index contributed by atoms with van der Waals surface area (Å²) >= 11 is 1.35. The molecule has 1 aromatic rings. The molecule has 0 saturated heterocycles. The summed E-state index contributed by atoms with van der Waals surface area (Å²) < 4.78 is 10.1. The van der Waals surface area contributed by atoms with E-state index >= 15 is 0 Å². The number of thiophene rings is 1. The number of ether oxygens (including phenoxy) is 2. The number of carbonyl (C=O) groups is 1. The zero-order valence-electron chi connectivity index (χ0n) is 5.70. The second kappa shape index (κ2) is 2.54. The molecular formula is C7H6O3S. The van der Waals surface area contributed by atoms with E-state index in [9.17, 15) is 4.79 Å². The molecule has 58 valence electrons. The molecule has 1 aromatic heterocycles. The first-order valence-electron chi connectivity index (χ1n) is 3.25. The Labute approximate surface area is 67.5 Å². The number of carbonyl (C=O) groups excluding carboxylic acids is 1. The Kier molecular flexibility index (Phi) is 1.54. The fourth-order valence-corrected chi connectivity index (χ4v) is 1.64. The maximum atomic E-state index is 11.1. The first kappa shape index (κ1) is 6.67. The van der Waals surface area contributed by atoms with Gasteiger partial charge in [-0.05, 0) is 11.4 Å². The molecule has 2 heterocycles. The van der Waals surface area contributed by atoms with Gasteiger partial charge >= 0.3 is 5.97 Å². The highest BCUT2D eigenvalue weighted by Crippen LogP contribution is 2.26. The standard InChI is InChI=1S/C7H6O3S/c8-7-6-5(1-4-11-6)9-2-3-10-7/h1,4H,2-3H2. The topological polar surface area (TPSA) is 35.5 Å². The van der Waals surface area contributed by atoms with Crippen molar-refractivity contribution >= 4 is 17.3 Å². The van der Waals surface area contributed by atoms with Gasteiger partial charge in [-0.1, -0.05) is 0 Å². The molecule has 0 amide bonds. The van der Waals surface area contributed by atoms with Crippen LogP contribution in [0.2, 0.25) is 0 Å². The third-order valence-electron chi connectivity index (χ3n) is 1.39. The highest BCUT2D eigenvalue weighted by molar-refractivity contribution is 7.12. The Hall–Kier alpha value is -1.03. The summed E-state index contributed by atoms with van der Waals surface area (Å²) in [6.07, 6.45) is 0. The van der Waals surface area contributed by atoms with Gasteiger partial charge in [-0.25, -0.2) is 4.79 Å². The quantitative estimate of drug-likeness (QED) is 0.550. The highest BCUT2D eigenvalue weighted by atomic mass is 32.1. The predicted molar refractivity (Wildman–Crippen MR) is 40.1 cm³/mol. The Morgan fingerprint density at radius 2 is 2.18 bits per heavy atom. The molecule has 0 bridgehead atoms. The fourth-order valence-electron chi connectivity index (χ4n) is 0.912. The van der Waals surface area contributed by atoms with Gasteiger partial charge in [0.05, 0.1) is 0 Å². The molecule has 0 unspecified atom stereocenters. The number of cyclic esters (lactones) is 1. The fraction of sp³-hybridized carbons (Fsp3) is 0.286. The number of rotatable bonds is 0. The molecular weight excluding hydrogens is 164 g/mol. The Bertz CT molecular complexity index is 279. The van der Waals surface area contributed by atoms with Crippen LogP contribution < -0.4 is 4.74 Å². The van der Waals surface area contributed by atoms with Gasteiger partial charge in [-0.3, -0.25) is 0 Å². The van der Waals surface area contributed by atoms with Crippen LogP contribution in [0.15, 0.2) is 11.4 Å². The molecule has 11 heavy (non-hydrogen) atoms. The molecule has 2 rings (SSSR count). The monoisotopic (exact) mass is 170 g/mol. The summed E-state index contributed by atoms with van der Waals surface area (Å²) in [4.78, 5) is 11.6. The average Bonchev–Trinajstić information content (AvgIpc) is 2.40. The SMILES string of the molecule is O=C1OCCOc2ccsc21. The second-order valence-corrected chi connectivity index (χ2v) is 3.01. The Morgan fingerprint density at radius 3 is 3.09 bits per heavy atom. The smallest absolute Gasteiger partial charge is 0.352 e. The van der Waals surface area contributed by atoms with E-state index in [0.717, 1.165) is 0 Å². The number of hydrogen-bond donors (Lipinski definition) is 0. The van der Waals surface area contributed by atoms with Crippen molar-refractivity contribution in [1.82, 2.24) is 0 Å². The van der Waals surface area contributed by atoms with Crippen LogP contribution in [-0.4, -0.2) is 19.2 Å². The molecule has 0 fully saturated rings. The Balaban J connectivity index is 2.41. The summed E-state index contributed by atoms with van der Waals surface area (Å²) in [5.41, 5.74) is 0. The molecule has 0 atom stereocenters. The summed E-state index contributed by atoms with van der Waals surface area (Å²) in [6, 6.07) is 1.78. The lowest BCUT2D eigenvalue weighted by molar-refractivity contribution is 0.0496. The van der Waals surface area contributed by atoms with Crippen LogP contribution in [0, 0.1) is 0 Å². The maximum Gasteiger partial charge on any atom is 0.352 e. The molecule has 1 aliphatic heterocycles. The summed E-state index contributed by atoms with van der Waals surface area (Å²) in [5.74, 6) is 0.380. The van der Waals surface area contributed by atoms with Gasteiger partial charge in [-0.15, -0.1) is 11.3 Å². The third-order valence-corrected chi connectivity index (χ3v) is 2.26. The molecule has 0 saturated carbocycles. The highest BCUT2D eigenvalue weighted by Gasteiger charge is 2.18. The van der Waals surface area contributed by atoms with Crippen molar-refractivity contribution in [2.75, 3.05) is 13.2 Å². The molecule has 0 radical (unpaired) electrons. The van der Waals surface area contributed by atoms with Crippen LogP contribution >= 0.6 is 11.3 Å². The molecule has 0 spiro atoms. The van der Waals surface area contributed by atoms with E-state index in [1.807, 2.05) is 5.38 Å². The van der Waals surface area contributed by atoms with Crippen LogP contribution in [-0.2, 0) is 4.74 Å². The van der Waals surface area contributed by atoms with Gasteiger partial charge in [-0.2, -0.15) is 0 Å². The van der Waals surface area contributed by atoms with Gasteiger partial charge in [0.1, 0.15) is 19.0 Å². The first-order chi connectivity index (χ1) is 5.38. The zero-order chi connectivity index (χ0) is 7.68. The zero-order valence-corrected chi connectivity index (χ0v) is 6.52. The van der Waals surface area contributed by atoms with Crippen LogP contribution in [0.1, 0.15) is 9.67 Å². The van der Waals surface area contributed by atoms with Crippen LogP contribution in [0.25, 0.3) is 0 Å². The molecule has 1 aliphatic rings. The molecule has 3 nitrogen and oxygen atoms in total. The van der Waals surface area contributed by atoms with E-state index in [4.69, 9.17) is 9.47 Å². The van der Waals surface area contributed by atoms with Crippen molar-refractivity contribution in [3.05, 3.63) is 16.3 Å². The van der Waals surface area contributed by atoms with Crippen LogP contribution in [0.3, 0.4) is 0 Å². The first-order valence-corrected chi connectivity index (χ1v) is 4.13. The minimum Gasteiger partial charge on any atom is -0.488 e. The lowest BCUT2D eigenvalue weighted by atomic mass is 10.4. The van der Waals surface area contributed by atoms with Crippen molar-refractivity contribution in [3.8, 4) is 5.75 Å². The average molecular weight is 170 g/mol. The lowest BCUT2D eigenvalue weighted by Crippen LogP contribution is -2.04. The van der Waals surface area contributed by atoms with Crippen molar-refractivity contribution in [2.45, 2.75) is 0 Å². The summed E-state index contributed by atoms with van der Waals surface area (Å²) in [5, 5.41) is 1.82. The van der Waals surface area contributed by atoms with E-state index in [1.54, 1.807) is 6.07 Å². The minimum absolute atomic E-state index is 0.271. The molecule has 0 aliphatic carbocycles. The predicted octanol–water partition coefficient (Wildman–Crippen LogP) is 1.30. The van der Waals surface area contributed by atoms with E-state index in [1.165, 1.54) is 11.3 Å². The maximum absolute atomic E-state index is 11.1. The number of fused-ring (bicyclic) bond motifs is 1. The number of esters is 1. The minimum atomic E-state index is -0.271. The molecule has 4 heteroatoms. The van der Waals surface area contributed by atoms with Gasteiger partial charge in [0, 0.05) is 0 Å². The van der Waals surface area contributed by atoms with Crippen LogP contribution in [0.4, 0.5) is 0 Å². The van der Waals surface area contributed by atoms with Gasteiger partial charge in [0.25, 0.3) is 0 Å². The second-order valence-electron chi connectivity index (χ2n) is 2.10. The van der Waals surface area contributed by atoms with Crippen molar-refractivity contribution in [3.63, 3.8) is 0 Å². The van der Waals surface area contributed by atoms with Gasteiger partial charge < -0.3 is 9.47 Å². The van der Waals surface area contributed by atoms with Gasteiger partial charge in [0.2, 0.25) is 0 Å². The van der Waals surface area contributed by atoms with Crippen LogP contribution in [0.5, 0.6) is 5.75 Å². The van der Waals surface area contributed by atoms with E-state index < -0.39 is 0 Å². The summed E-state index contributed by atoms with van der Waals surface area (Å²) in [7, 11) is 0.